The molecule has 0 N–H and O–H groups in total. The standard InChI is InChI=1S/C27H30/c1-19-13-15-23(16-14-19)27-25-12-8-7-11-24(25)21(3)17-20(2)18-26(27)22-9-5-4-6-10-22/h4-16,20-21,26-27H,17-18H2,1-3H3. The molecule has 1 aliphatic carbocycles. The highest BCUT2D eigenvalue weighted by Gasteiger charge is 2.33. The van der Waals surface area contributed by atoms with E-state index in [1.165, 1.54) is 40.7 Å². The van der Waals surface area contributed by atoms with Crippen LogP contribution in [0, 0.1) is 12.8 Å². The molecule has 27 heavy (non-hydrogen) atoms. The zero-order valence-corrected chi connectivity index (χ0v) is 16.7. The lowest BCUT2D eigenvalue weighted by atomic mass is 9.68. The summed E-state index contributed by atoms with van der Waals surface area (Å²) in [5.74, 6) is 2.25. The Morgan fingerprint density at radius 3 is 1.96 bits per heavy atom. The first-order chi connectivity index (χ1) is 13.1. The Hall–Kier alpha value is -2.34. The summed E-state index contributed by atoms with van der Waals surface area (Å²) in [6, 6.07) is 29.6. The van der Waals surface area contributed by atoms with Gasteiger partial charge in [-0.1, -0.05) is 98.3 Å². The summed E-state index contributed by atoms with van der Waals surface area (Å²) in [7, 11) is 0. The van der Waals surface area contributed by atoms with Crippen LogP contribution in [0.15, 0.2) is 78.9 Å². The molecular weight excluding hydrogens is 324 g/mol. The first-order valence-corrected chi connectivity index (χ1v) is 10.3. The van der Waals surface area contributed by atoms with Gasteiger partial charge in [-0.2, -0.15) is 0 Å². The summed E-state index contributed by atoms with van der Waals surface area (Å²) in [6.07, 6.45) is 2.50. The summed E-state index contributed by atoms with van der Waals surface area (Å²) in [5.41, 5.74) is 7.31. The van der Waals surface area contributed by atoms with Crippen LogP contribution in [0.2, 0.25) is 0 Å². The molecule has 3 aromatic rings. The van der Waals surface area contributed by atoms with Gasteiger partial charge in [0.1, 0.15) is 0 Å². The number of hydrogen-bond donors (Lipinski definition) is 0. The summed E-state index contributed by atoms with van der Waals surface area (Å²) in [6.45, 7) is 7.02. The average Bonchev–Trinajstić information content (AvgIpc) is 2.69. The fourth-order valence-corrected chi connectivity index (χ4v) is 5.07. The molecule has 0 nitrogen and oxygen atoms in total. The van der Waals surface area contributed by atoms with Crippen molar-refractivity contribution in [3.63, 3.8) is 0 Å². The van der Waals surface area contributed by atoms with E-state index >= 15 is 0 Å². The van der Waals surface area contributed by atoms with Crippen molar-refractivity contribution >= 4 is 0 Å². The quantitative estimate of drug-likeness (QED) is 0.448. The molecule has 0 saturated heterocycles. The highest BCUT2D eigenvalue weighted by molar-refractivity contribution is 5.44. The molecule has 0 aromatic heterocycles. The fourth-order valence-electron chi connectivity index (χ4n) is 5.07. The minimum absolute atomic E-state index is 0.411. The summed E-state index contributed by atoms with van der Waals surface area (Å²) >= 11 is 0. The summed E-state index contributed by atoms with van der Waals surface area (Å²) < 4.78 is 0. The molecule has 0 spiro atoms. The maximum Gasteiger partial charge on any atom is 0.0161 e. The molecule has 0 heteroatoms. The number of rotatable bonds is 2. The van der Waals surface area contributed by atoms with E-state index < -0.39 is 0 Å². The van der Waals surface area contributed by atoms with Crippen molar-refractivity contribution in [2.45, 2.75) is 51.4 Å². The van der Waals surface area contributed by atoms with E-state index in [0.717, 1.165) is 0 Å². The van der Waals surface area contributed by atoms with Crippen molar-refractivity contribution in [1.82, 2.24) is 0 Å². The van der Waals surface area contributed by atoms with Crippen molar-refractivity contribution in [2.75, 3.05) is 0 Å². The number of hydrogen-bond acceptors (Lipinski definition) is 0. The van der Waals surface area contributed by atoms with E-state index in [2.05, 4.69) is 99.6 Å². The molecule has 4 unspecified atom stereocenters. The van der Waals surface area contributed by atoms with Crippen LogP contribution in [-0.4, -0.2) is 0 Å². The van der Waals surface area contributed by atoms with Crippen LogP contribution < -0.4 is 0 Å². The van der Waals surface area contributed by atoms with Crippen molar-refractivity contribution in [1.29, 1.82) is 0 Å². The first kappa shape index (κ1) is 18.0. The third-order valence-electron chi connectivity index (χ3n) is 6.34. The Balaban J connectivity index is 1.93. The van der Waals surface area contributed by atoms with Gasteiger partial charge in [0.2, 0.25) is 0 Å². The number of fused-ring (bicyclic) bond motifs is 1. The molecule has 0 bridgehead atoms. The van der Waals surface area contributed by atoms with Gasteiger partial charge in [-0.15, -0.1) is 0 Å². The summed E-state index contributed by atoms with van der Waals surface area (Å²) in [4.78, 5) is 0. The Morgan fingerprint density at radius 2 is 1.26 bits per heavy atom. The average molecular weight is 355 g/mol. The molecule has 0 heterocycles. The fraction of sp³-hybridized carbons (Fsp3) is 0.333. The Morgan fingerprint density at radius 1 is 0.630 bits per heavy atom. The van der Waals surface area contributed by atoms with Gasteiger partial charge < -0.3 is 0 Å². The van der Waals surface area contributed by atoms with E-state index in [0.29, 0.717) is 23.7 Å². The topological polar surface area (TPSA) is 0 Å². The van der Waals surface area contributed by atoms with Crippen LogP contribution in [0.25, 0.3) is 0 Å². The minimum atomic E-state index is 0.411. The van der Waals surface area contributed by atoms with E-state index in [4.69, 9.17) is 0 Å². The van der Waals surface area contributed by atoms with Crippen LogP contribution in [0.1, 0.15) is 72.3 Å². The molecule has 4 atom stereocenters. The third kappa shape index (κ3) is 3.72. The number of benzene rings is 3. The molecule has 0 fully saturated rings. The van der Waals surface area contributed by atoms with Gasteiger partial charge in [-0.05, 0) is 59.8 Å². The van der Waals surface area contributed by atoms with E-state index in [1.807, 2.05) is 0 Å². The normalized spacial score (nSPS) is 25.3. The molecule has 0 saturated carbocycles. The first-order valence-electron chi connectivity index (χ1n) is 10.3. The van der Waals surface area contributed by atoms with Crippen LogP contribution in [0.4, 0.5) is 0 Å². The van der Waals surface area contributed by atoms with Crippen molar-refractivity contribution in [3.05, 3.63) is 107 Å². The smallest absolute Gasteiger partial charge is 0.0161 e. The second kappa shape index (κ2) is 7.72. The summed E-state index contributed by atoms with van der Waals surface area (Å²) in [5, 5.41) is 0. The highest BCUT2D eigenvalue weighted by Crippen LogP contribution is 2.48. The zero-order chi connectivity index (χ0) is 18.8. The maximum absolute atomic E-state index is 2.44. The van der Waals surface area contributed by atoms with Crippen molar-refractivity contribution in [2.24, 2.45) is 5.92 Å². The van der Waals surface area contributed by atoms with Crippen LogP contribution in [0.3, 0.4) is 0 Å². The highest BCUT2D eigenvalue weighted by atomic mass is 14.4. The van der Waals surface area contributed by atoms with Gasteiger partial charge in [0.25, 0.3) is 0 Å². The Bertz CT molecular complexity index is 875. The molecule has 138 valence electrons. The maximum atomic E-state index is 2.44. The second-order valence-electron chi connectivity index (χ2n) is 8.51. The van der Waals surface area contributed by atoms with Crippen molar-refractivity contribution < 1.29 is 0 Å². The third-order valence-corrected chi connectivity index (χ3v) is 6.34. The van der Waals surface area contributed by atoms with Gasteiger partial charge >= 0.3 is 0 Å². The van der Waals surface area contributed by atoms with Crippen LogP contribution in [-0.2, 0) is 0 Å². The van der Waals surface area contributed by atoms with E-state index in [1.54, 1.807) is 0 Å². The largest absolute Gasteiger partial charge is 0.0625 e. The van der Waals surface area contributed by atoms with E-state index in [-0.39, 0.29) is 0 Å². The molecule has 0 aliphatic heterocycles. The van der Waals surface area contributed by atoms with Gasteiger partial charge in [0.05, 0.1) is 0 Å². The molecule has 3 aromatic carbocycles. The van der Waals surface area contributed by atoms with Crippen LogP contribution >= 0.6 is 0 Å². The lowest BCUT2D eigenvalue weighted by Crippen LogP contribution is -2.21. The van der Waals surface area contributed by atoms with Crippen molar-refractivity contribution in [3.8, 4) is 0 Å². The zero-order valence-electron chi connectivity index (χ0n) is 16.7. The molecule has 4 rings (SSSR count). The predicted octanol–water partition coefficient (Wildman–Crippen LogP) is 7.44. The lowest BCUT2D eigenvalue weighted by molar-refractivity contribution is 0.378. The van der Waals surface area contributed by atoms with Gasteiger partial charge in [-0.3, -0.25) is 0 Å². The van der Waals surface area contributed by atoms with Gasteiger partial charge in [-0.25, -0.2) is 0 Å². The van der Waals surface area contributed by atoms with Gasteiger partial charge in [0.15, 0.2) is 0 Å². The second-order valence-corrected chi connectivity index (χ2v) is 8.51. The van der Waals surface area contributed by atoms with E-state index in [9.17, 15) is 0 Å². The number of aryl methyl sites for hydroxylation is 1. The molecular formula is C27H30. The Kier molecular flexibility index (Phi) is 5.16. The molecule has 0 radical (unpaired) electrons. The molecule has 0 amide bonds. The monoisotopic (exact) mass is 354 g/mol. The Labute approximate surface area is 164 Å². The predicted molar refractivity (Wildman–Crippen MR) is 115 cm³/mol. The van der Waals surface area contributed by atoms with Gasteiger partial charge in [0, 0.05) is 5.92 Å². The minimum Gasteiger partial charge on any atom is -0.0625 e. The van der Waals surface area contributed by atoms with Crippen LogP contribution in [0.5, 0.6) is 0 Å². The molecule has 1 aliphatic rings. The SMILES string of the molecule is Cc1ccc(C2c3ccccc3C(C)CC(C)CC2c2ccccc2)cc1. The lowest BCUT2D eigenvalue weighted by Gasteiger charge is -2.36.